The summed E-state index contributed by atoms with van der Waals surface area (Å²) in [6, 6.07) is 0. The van der Waals surface area contributed by atoms with Crippen LogP contribution in [0.5, 0.6) is 0 Å². The molecule has 2 nitrogen and oxygen atoms in total. The Morgan fingerprint density at radius 3 is 2.22 bits per heavy atom. The summed E-state index contributed by atoms with van der Waals surface area (Å²) < 4.78 is 0. The van der Waals surface area contributed by atoms with Gasteiger partial charge in [0.05, 0.1) is 6.21 Å². The zero-order valence-corrected chi connectivity index (χ0v) is 6.13. The molecule has 0 radical (unpaired) electrons. The molecule has 0 aromatic carbocycles. The zero-order valence-electron chi connectivity index (χ0n) is 6.13. The largest absolute Gasteiger partial charge is 0.163 e. The molecule has 0 atom stereocenters. The van der Waals surface area contributed by atoms with E-state index in [0.29, 0.717) is 0 Å². The Balaban J connectivity index is 0. The highest BCUT2D eigenvalue weighted by atomic mass is 15.2. The van der Waals surface area contributed by atoms with Gasteiger partial charge in [-0.3, -0.25) is 0 Å². The van der Waals surface area contributed by atoms with E-state index in [9.17, 15) is 0 Å². The third-order valence-corrected chi connectivity index (χ3v) is 0.314. The molecule has 0 spiro atoms. The minimum Gasteiger partial charge on any atom is -0.163 e. The minimum absolute atomic E-state index is 1.29. The summed E-state index contributed by atoms with van der Waals surface area (Å²) in [4.78, 5) is 0. The summed E-state index contributed by atoms with van der Waals surface area (Å²) in [5.74, 6) is 2.20. The van der Waals surface area contributed by atoms with E-state index in [2.05, 4.69) is 16.1 Å². The van der Waals surface area contributed by atoms with Gasteiger partial charge < -0.3 is 0 Å². The van der Waals surface area contributed by atoms with Crippen molar-refractivity contribution in [3.05, 3.63) is 0 Å². The van der Waals surface area contributed by atoms with Crippen molar-refractivity contribution in [3.63, 3.8) is 0 Å². The standard InChI is InChI=1S/C5H6N2.C2H6/c1-3-5-7-6-4-2;1-2/h1,4-5H,2H3;1-2H3/b6-4-,7-5-;. The lowest BCUT2D eigenvalue weighted by molar-refractivity contribution is 1.27. The predicted molar refractivity (Wildman–Crippen MR) is 42.8 cm³/mol. The van der Waals surface area contributed by atoms with Crippen LogP contribution in [0.4, 0.5) is 0 Å². The van der Waals surface area contributed by atoms with Crippen molar-refractivity contribution in [2.24, 2.45) is 10.2 Å². The second-order valence-electron chi connectivity index (χ2n) is 0.785. The molecule has 0 saturated carbocycles. The molecule has 0 amide bonds. The highest BCUT2D eigenvalue weighted by Gasteiger charge is 1.52. The molecule has 0 aromatic rings. The Labute approximate surface area is 56.7 Å². The van der Waals surface area contributed by atoms with Gasteiger partial charge in [0.1, 0.15) is 0 Å². The second-order valence-corrected chi connectivity index (χ2v) is 0.785. The van der Waals surface area contributed by atoms with Crippen molar-refractivity contribution in [1.82, 2.24) is 0 Å². The number of rotatable bonds is 1. The van der Waals surface area contributed by atoms with Gasteiger partial charge in [0.2, 0.25) is 0 Å². The molecule has 0 N–H and O–H groups in total. The van der Waals surface area contributed by atoms with E-state index in [1.807, 2.05) is 13.8 Å². The molecule has 0 heterocycles. The third kappa shape index (κ3) is 19.7. The summed E-state index contributed by atoms with van der Waals surface area (Å²) in [5, 5.41) is 6.88. The van der Waals surface area contributed by atoms with E-state index in [-0.39, 0.29) is 0 Å². The van der Waals surface area contributed by atoms with Crippen LogP contribution in [0.25, 0.3) is 0 Å². The van der Waals surface area contributed by atoms with Crippen LogP contribution in [-0.4, -0.2) is 12.4 Å². The molecule has 0 unspecified atom stereocenters. The van der Waals surface area contributed by atoms with Crippen LogP contribution in [-0.2, 0) is 0 Å². The van der Waals surface area contributed by atoms with Gasteiger partial charge in [-0.25, -0.2) is 0 Å². The van der Waals surface area contributed by atoms with Crippen LogP contribution in [0.1, 0.15) is 20.8 Å². The average molecular weight is 124 g/mol. The molecule has 0 bridgehead atoms. The maximum absolute atomic E-state index is 4.80. The number of terminal acetylenes is 1. The average Bonchev–Trinajstić information content (AvgIpc) is 1.94. The molecule has 0 saturated heterocycles. The van der Waals surface area contributed by atoms with Gasteiger partial charge in [-0.05, 0) is 6.92 Å². The SMILES string of the molecule is C#C/C=N\N=C/C.CC. The van der Waals surface area contributed by atoms with Gasteiger partial charge in [-0.1, -0.05) is 19.8 Å². The molecule has 0 rings (SSSR count). The first-order valence-corrected chi connectivity index (χ1v) is 2.87. The van der Waals surface area contributed by atoms with E-state index in [1.165, 1.54) is 6.21 Å². The molecular formula is C7H12N2. The smallest absolute Gasteiger partial charge is 0.0990 e. The Hall–Kier alpha value is -1.10. The van der Waals surface area contributed by atoms with Crippen LogP contribution in [0.15, 0.2) is 10.2 Å². The molecule has 0 fully saturated rings. The molecule has 50 valence electrons. The first-order valence-electron chi connectivity index (χ1n) is 2.87. The predicted octanol–water partition coefficient (Wildman–Crippen LogP) is 1.72. The van der Waals surface area contributed by atoms with E-state index < -0.39 is 0 Å². The van der Waals surface area contributed by atoms with Gasteiger partial charge in [-0.2, -0.15) is 10.2 Å². The minimum atomic E-state index is 1.29. The van der Waals surface area contributed by atoms with Crippen molar-refractivity contribution in [3.8, 4) is 12.3 Å². The van der Waals surface area contributed by atoms with E-state index in [1.54, 1.807) is 13.1 Å². The fraction of sp³-hybridized carbons (Fsp3) is 0.429. The molecule has 2 heteroatoms. The summed E-state index contributed by atoms with van der Waals surface area (Å²) in [5.41, 5.74) is 0. The molecule has 0 aliphatic heterocycles. The lowest BCUT2D eigenvalue weighted by atomic mass is 10.8. The fourth-order valence-corrected chi connectivity index (χ4v) is 0.133. The second kappa shape index (κ2) is 15.8. The first kappa shape index (κ1) is 10.8. The van der Waals surface area contributed by atoms with Crippen LogP contribution < -0.4 is 0 Å². The molecule has 0 aliphatic rings. The Morgan fingerprint density at radius 1 is 1.33 bits per heavy atom. The summed E-state index contributed by atoms with van der Waals surface area (Å²) in [6.45, 7) is 5.77. The number of hydrogen-bond donors (Lipinski definition) is 0. The lowest BCUT2D eigenvalue weighted by Gasteiger charge is -1.64. The third-order valence-electron chi connectivity index (χ3n) is 0.314. The van der Waals surface area contributed by atoms with Crippen LogP contribution in [0.2, 0.25) is 0 Å². The normalized spacial score (nSPS) is 8.67. The van der Waals surface area contributed by atoms with E-state index in [0.717, 1.165) is 0 Å². The highest BCUT2D eigenvalue weighted by Crippen LogP contribution is 1.61. The topological polar surface area (TPSA) is 24.7 Å². The Kier molecular flexibility index (Phi) is 19.0. The van der Waals surface area contributed by atoms with Gasteiger partial charge in [0.15, 0.2) is 0 Å². The van der Waals surface area contributed by atoms with Crippen LogP contribution in [0, 0.1) is 12.3 Å². The van der Waals surface area contributed by atoms with Gasteiger partial charge in [0, 0.05) is 6.21 Å². The van der Waals surface area contributed by atoms with Crippen LogP contribution >= 0.6 is 0 Å². The Morgan fingerprint density at radius 2 is 1.89 bits per heavy atom. The molecular weight excluding hydrogens is 112 g/mol. The van der Waals surface area contributed by atoms with Crippen molar-refractivity contribution >= 4 is 12.4 Å². The van der Waals surface area contributed by atoms with Crippen molar-refractivity contribution in [1.29, 1.82) is 0 Å². The van der Waals surface area contributed by atoms with Crippen LogP contribution in [0.3, 0.4) is 0 Å². The maximum atomic E-state index is 4.80. The van der Waals surface area contributed by atoms with E-state index >= 15 is 0 Å². The maximum Gasteiger partial charge on any atom is 0.0990 e. The quantitative estimate of drug-likeness (QED) is 0.289. The lowest BCUT2D eigenvalue weighted by Crippen LogP contribution is -1.59. The van der Waals surface area contributed by atoms with Crippen molar-refractivity contribution in [2.45, 2.75) is 20.8 Å². The van der Waals surface area contributed by atoms with Crippen molar-refractivity contribution in [2.75, 3.05) is 0 Å². The molecule has 0 aromatic heterocycles. The first-order chi connectivity index (χ1) is 4.41. The Bertz CT molecular complexity index is 117. The zero-order chi connectivity index (χ0) is 7.54. The van der Waals surface area contributed by atoms with Gasteiger partial charge in [-0.15, -0.1) is 6.42 Å². The van der Waals surface area contributed by atoms with E-state index in [4.69, 9.17) is 6.42 Å². The molecule has 0 aliphatic carbocycles. The summed E-state index contributed by atoms with van der Waals surface area (Å²) in [6.07, 6.45) is 7.65. The van der Waals surface area contributed by atoms with Gasteiger partial charge in [0.25, 0.3) is 0 Å². The monoisotopic (exact) mass is 124 g/mol. The molecule has 9 heavy (non-hydrogen) atoms. The highest BCUT2D eigenvalue weighted by molar-refractivity contribution is 5.77. The number of nitrogens with zero attached hydrogens (tertiary/aromatic N) is 2. The van der Waals surface area contributed by atoms with Crippen molar-refractivity contribution < 1.29 is 0 Å². The van der Waals surface area contributed by atoms with Gasteiger partial charge >= 0.3 is 0 Å². The number of hydrogen-bond acceptors (Lipinski definition) is 2. The summed E-state index contributed by atoms with van der Waals surface area (Å²) in [7, 11) is 0. The summed E-state index contributed by atoms with van der Waals surface area (Å²) >= 11 is 0. The fourth-order valence-electron chi connectivity index (χ4n) is 0.133.